The van der Waals surface area contributed by atoms with Crippen molar-refractivity contribution in [2.45, 2.75) is 40.0 Å². The lowest BCUT2D eigenvalue weighted by atomic mass is 9.98. The fourth-order valence-corrected chi connectivity index (χ4v) is 2.79. The zero-order chi connectivity index (χ0) is 19.3. The van der Waals surface area contributed by atoms with Crippen LogP contribution in [0.3, 0.4) is 0 Å². The van der Waals surface area contributed by atoms with Gasteiger partial charge < -0.3 is 15.4 Å². The molecule has 0 saturated carbocycles. The summed E-state index contributed by atoms with van der Waals surface area (Å²) in [5.41, 5.74) is 4.37. The van der Waals surface area contributed by atoms with E-state index < -0.39 is 0 Å². The minimum absolute atomic E-state index is 0.261. The van der Waals surface area contributed by atoms with Gasteiger partial charge in [-0.2, -0.15) is 0 Å². The molecule has 138 valence electrons. The van der Waals surface area contributed by atoms with Gasteiger partial charge in [0.15, 0.2) is 0 Å². The predicted octanol–water partition coefficient (Wildman–Crippen LogP) is 4.40. The number of carbonyl (C=O) groups is 2. The predicted molar refractivity (Wildman–Crippen MR) is 105 cm³/mol. The Morgan fingerprint density at radius 1 is 1.04 bits per heavy atom. The molecule has 2 aromatic carbocycles. The molecule has 0 aliphatic carbocycles. The van der Waals surface area contributed by atoms with Crippen molar-refractivity contribution in [1.82, 2.24) is 0 Å². The SMILES string of the molecule is COc1ccc(C)cc1NC(=O)CC(=O)Nc1c(C)cccc1C(C)C. The van der Waals surface area contributed by atoms with Gasteiger partial charge in [0.05, 0.1) is 12.8 Å². The molecule has 0 radical (unpaired) electrons. The quantitative estimate of drug-likeness (QED) is 0.756. The number of nitrogens with one attached hydrogen (secondary N) is 2. The lowest BCUT2D eigenvalue weighted by molar-refractivity contribution is -0.123. The topological polar surface area (TPSA) is 67.4 Å². The van der Waals surface area contributed by atoms with Crippen LogP contribution in [0.25, 0.3) is 0 Å². The molecule has 2 rings (SSSR count). The Morgan fingerprint density at radius 3 is 2.38 bits per heavy atom. The molecule has 0 heterocycles. The van der Waals surface area contributed by atoms with Gasteiger partial charge >= 0.3 is 0 Å². The third-order valence-electron chi connectivity index (χ3n) is 4.14. The van der Waals surface area contributed by atoms with Crippen molar-refractivity contribution >= 4 is 23.2 Å². The number of para-hydroxylation sites is 1. The molecule has 26 heavy (non-hydrogen) atoms. The largest absolute Gasteiger partial charge is 0.495 e. The van der Waals surface area contributed by atoms with Gasteiger partial charge in [0, 0.05) is 5.69 Å². The van der Waals surface area contributed by atoms with Crippen LogP contribution in [-0.4, -0.2) is 18.9 Å². The molecule has 5 heteroatoms. The highest BCUT2D eigenvalue weighted by atomic mass is 16.5. The molecule has 0 saturated heterocycles. The van der Waals surface area contributed by atoms with Gasteiger partial charge in [0.25, 0.3) is 0 Å². The van der Waals surface area contributed by atoms with Crippen LogP contribution in [0.5, 0.6) is 5.75 Å². The lowest BCUT2D eigenvalue weighted by Crippen LogP contribution is -2.22. The molecule has 5 nitrogen and oxygen atoms in total. The van der Waals surface area contributed by atoms with Gasteiger partial charge in [-0.3, -0.25) is 9.59 Å². The van der Waals surface area contributed by atoms with Gasteiger partial charge in [-0.25, -0.2) is 0 Å². The Balaban J connectivity index is 2.07. The van der Waals surface area contributed by atoms with Crippen LogP contribution in [0.15, 0.2) is 36.4 Å². The molecule has 2 amide bonds. The second-order valence-corrected chi connectivity index (χ2v) is 6.67. The first-order valence-corrected chi connectivity index (χ1v) is 8.65. The van der Waals surface area contributed by atoms with Crippen molar-refractivity contribution in [2.24, 2.45) is 0 Å². The van der Waals surface area contributed by atoms with Crippen LogP contribution in [-0.2, 0) is 9.59 Å². The van der Waals surface area contributed by atoms with Gasteiger partial charge in [-0.1, -0.05) is 38.1 Å². The number of benzene rings is 2. The van der Waals surface area contributed by atoms with Gasteiger partial charge in [0.2, 0.25) is 11.8 Å². The molecule has 2 N–H and O–H groups in total. The van der Waals surface area contributed by atoms with Crippen molar-refractivity contribution in [1.29, 1.82) is 0 Å². The first-order valence-electron chi connectivity index (χ1n) is 8.65. The molecule has 0 fully saturated rings. The standard InChI is InChI=1S/C21H26N2O3/c1-13(2)16-8-6-7-15(4)21(16)23-20(25)12-19(24)22-17-11-14(3)9-10-18(17)26-5/h6-11,13H,12H2,1-5H3,(H,22,24)(H,23,25). The number of ether oxygens (including phenoxy) is 1. The molecule has 0 bridgehead atoms. The first-order chi connectivity index (χ1) is 12.3. The Morgan fingerprint density at radius 2 is 1.73 bits per heavy atom. The Bertz CT molecular complexity index is 813. The minimum Gasteiger partial charge on any atom is -0.495 e. The summed E-state index contributed by atoms with van der Waals surface area (Å²) in [6, 6.07) is 11.4. The maximum Gasteiger partial charge on any atom is 0.233 e. The van der Waals surface area contributed by atoms with Crippen molar-refractivity contribution in [2.75, 3.05) is 17.7 Å². The number of methoxy groups -OCH3 is 1. The van der Waals surface area contributed by atoms with Crippen LogP contribution in [0.4, 0.5) is 11.4 Å². The molecule has 0 aromatic heterocycles. The molecule has 0 spiro atoms. The zero-order valence-electron chi connectivity index (χ0n) is 16.0. The summed E-state index contributed by atoms with van der Waals surface area (Å²) in [5, 5.41) is 5.63. The van der Waals surface area contributed by atoms with E-state index in [1.807, 2.05) is 44.2 Å². The summed E-state index contributed by atoms with van der Waals surface area (Å²) in [5.74, 6) is 0.109. The number of anilines is 2. The third-order valence-corrected chi connectivity index (χ3v) is 4.14. The normalized spacial score (nSPS) is 10.5. The highest BCUT2D eigenvalue weighted by molar-refractivity contribution is 6.08. The van der Waals surface area contributed by atoms with Crippen LogP contribution in [0.2, 0.25) is 0 Å². The lowest BCUT2D eigenvalue weighted by Gasteiger charge is -2.16. The van der Waals surface area contributed by atoms with Crippen molar-refractivity contribution in [3.05, 3.63) is 53.1 Å². The van der Waals surface area contributed by atoms with Crippen LogP contribution in [0, 0.1) is 13.8 Å². The smallest absolute Gasteiger partial charge is 0.233 e. The fourth-order valence-electron chi connectivity index (χ4n) is 2.79. The molecular formula is C21H26N2O3. The van der Waals surface area contributed by atoms with E-state index in [0.29, 0.717) is 11.4 Å². The van der Waals surface area contributed by atoms with E-state index in [4.69, 9.17) is 4.74 Å². The molecule has 0 unspecified atom stereocenters. The highest BCUT2D eigenvalue weighted by Crippen LogP contribution is 2.28. The number of amides is 2. The average Bonchev–Trinajstić information content (AvgIpc) is 2.56. The van der Waals surface area contributed by atoms with E-state index in [1.165, 1.54) is 0 Å². The number of carbonyl (C=O) groups excluding carboxylic acids is 2. The highest BCUT2D eigenvalue weighted by Gasteiger charge is 2.16. The first kappa shape index (κ1) is 19.5. The van der Waals surface area contributed by atoms with E-state index in [1.54, 1.807) is 13.2 Å². The second kappa shape index (κ2) is 8.52. The van der Waals surface area contributed by atoms with Crippen LogP contribution < -0.4 is 15.4 Å². The maximum atomic E-state index is 12.4. The average molecular weight is 354 g/mol. The van der Waals surface area contributed by atoms with Gasteiger partial charge in [0.1, 0.15) is 12.2 Å². The van der Waals surface area contributed by atoms with Crippen LogP contribution >= 0.6 is 0 Å². The maximum absolute atomic E-state index is 12.4. The number of rotatable bonds is 6. The van der Waals surface area contributed by atoms with E-state index in [9.17, 15) is 9.59 Å². The second-order valence-electron chi connectivity index (χ2n) is 6.67. The summed E-state index contributed by atoms with van der Waals surface area (Å²) in [7, 11) is 1.54. The summed E-state index contributed by atoms with van der Waals surface area (Å²) in [4.78, 5) is 24.6. The summed E-state index contributed by atoms with van der Waals surface area (Å²) in [6.45, 7) is 8.01. The van der Waals surface area contributed by atoms with E-state index in [-0.39, 0.29) is 24.2 Å². The molecular weight excluding hydrogens is 328 g/mol. The van der Waals surface area contributed by atoms with Crippen molar-refractivity contribution in [3.63, 3.8) is 0 Å². The number of hydrogen-bond acceptors (Lipinski definition) is 3. The molecule has 0 aliphatic rings. The fraction of sp³-hybridized carbons (Fsp3) is 0.333. The summed E-state index contributed by atoms with van der Waals surface area (Å²) >= 11 is 0. The molecule has 0 aliphatic heterocycles. The van der Waals surface area contributed by atoms with Crippen LogP contribution in [0.1, 0.15) is 42.9 Å². The number of aryl methyl sites for hydroxylation is 2. The Labute approximate surface area is 154 Å². The van der Waals surface area contributed by atoms with Crippen molar-refractivity contribution < 1.29 is 14.3 Å². The van der Waals surface area contributed by atoms with E-state index in [2.05, 4.69) is 24.5 Å². The summed E-state index contributed by atoms with van der Waals surface area (Å²) in [6.07, 6.45) is -0.261. The van der Waals surface area contributed by atoms with Gasteiger partial charge in [-0.15, -0.1) is 0 Å². The van der Waals surface area contributed by atoms with Gasteiger partial charge in [-0.05, 0) is 48.6 Å². The zero-order valence-corrected chi connectivity index (χ0v) is 16.0. The summed E-state index contributed by atoms with van der Waals surface area (Å²) < 4.78 is 5.24. The van der Waals surface area contributed by atoms with E-state index in [0.717, 1.165) is 22.4 Å². The molecule has 2 aromatic rings. The molecule has 0 atom stereocenters. The Kier molecular flexibility index (Phi) is 6.39. The van der Waals surface area contributed by atoms with E-state index >= 15 is 0 Å². The minimum atomic E-state index is -0.383. The Hall–Kier alpha value is -2.82. The number of hydrogen-bond donors (Lipinski definition) is 2. The monoisotopic (exact) mass is 354 g/mol. The van der Waals surface area contributed by atoms with Crippen molar-refractivity contribution in [3.8, 4) is 5.75 Å². The third kappa shape index (κ3) is 4.85.